The molecule has 4 rings (SSSR count). The fourth-order valence-electron chi connectivity index (χ4n) is 4.93. The molecule has 2 aliphatic rings. The molecule has 166 valence electrons. The molecule has 6 nitrogen and oxygen atoms in total. The molecule has 31 heavy (non-hydrogen) atoms. The monoisotopic (exact) mass is 443 g/mol. The molecule has 7 heteroatoms. The molecule has 2 aromatic carbocycles. The Labute approximate surface area is 183 Å². The number of carbonyl (C=O) groups excluding carboxylic acids is 2. The molecule has 0 radical (unpaired) electrons. The summed E-state index contributed by atoms with van der Waals surface area (Å²) in [6, 6.07) is 13.4. The summed E-state index contributed by atoms with van der Waals surface area (Å²) in [7, 11) is -3.11. The molecule has 0 bridgehead atoms. The Morgan fingerprint density at radius 1 is 0.935 bits per heavy atom. The van der Waals surface area contributed by atoms with Crippen molar-refractivity contribution in [1.82, 2.24) is 4.90 Å². The summed E-state index contributed by atoms with van der Waals surface area (Å²) in [6.45, 7) is -0.337. The molecule has 1 heterocycles. The molecular formula is C24H29NO5S. The fraction of sp³-hybridized carbons (Fsp3) is 0.500. The van der Waals surface area contributed by atoms with Crippen LogP contribution in [0.15, 0.2) is 42.5 Å². The quantitative estimate of drug-likeness (QED) is 0.640. The van der Waals surface area contributed by atoms with E-state index in [1.54, 1.807) is 4.90 Å². The number of esters is 1. The highest BCUT2D eigenvalue weighted by molar-refractivity contribution is 7.91. The number of ether oxygens (including phenoxy) is 1. The van der Waals surface area contributed by atoms with Crippen molar-refractivity contribution in [2.45, 2.75) is 57.0 Å². The number of carbonyl (C=O) groups is 2. The molecular weight excluding hydrogens is 414 g/mol. The zero-order valence-corrected chi connectivity index (χ0v) is 18.5. The third kappa shape index (κ3) is 5.26. The van der Waals surface area contributed by atoms with E-state index in [4.69, 9.17) is 4.74 Å². The number of hydrogen-bond acceptors (Lipinski definition) is 5. The van der Waals surface area contributed by atoms with E-state index in [0.29, 0.717) is 6.42 Å². The van der Waals surface area contributed by atoms with Gasteiger partial charge in [-0.05, 0) is 35.6 Å². The van der Waals surface area contributed by atoms with Gasteiger partial charge in [0.2, 0.25) is 0 Å². The van der Waals surface area contributed by atoms with Gasteiger partial charge in [-0.15, -0.1) is 0 Å². The van der Waals surface area contributed by atoms with E-state index in [-0.39, 0.29) is 42.5 Å². The summed E-state index contributed by atoms with van der Waals surface area (Å²) in [5, 5.41) is 2.04. The number of fused-ring (bicyclic) bond motifs is 1. The predicted molar refractivity (Wildman–Crippen MR) is 119 cm³/mol. The lowest BCUT2D eigenvalue weighted by Gasteiger charge is -2.38. The lowest BCUT2D eigenvalue weighted by atomic mass is 9.93. The molecule has 1 unspecified atom stereocenters. The van der Waals surface area contributed by atoms with Gasteiger partial charge in [0.1, 0.15) is 0 Å². The standard InChI is InChI=1S/C24H29NO5S/c26-23(25(20-10-2-1-3-11-20)21-13-14-31(28,29)17-21)16-30-24(27)15-19-9-6-8-18-7-4-5-12-22(18)19/h4-9,12,20-21H,1-3,10-11,13-17H2. The maximum atomic E-state index is 13.1. The van der Waals surface area contributed by atoms with E-state index in [9.17, 15) is 18.0 Å². The van der Waals surface area contributed by atoms with Crippen molar-refractivity contribution in [2.24, 2.45) is 0 Å². The summed E-state index contributed by atoms with van der Waals surface area (Å²) in [5.41, 5.74) is 0.863. The van der Waals surface area contributed by atoms with Crippen molar-refractivity contribution < 1.29 is 22.7 Å². The fourth-order valence-corrected chi connectivity index (χ4v) is 6.64. The first-order valence-corrected chi connectivity index (χ1v) is 12.9. The Morgan fingerprint density at radius 3 is 2.42 bits per heavy atom. The molecule has 1 saturated heterocycles. The van der Waals surface area contributed by atoms with E-state index >= 15 is 0 Å². The minimum atomic E-state index is -3.11. The van der Waals surface area contributed by atoms with E-state index in [0.717, 1.165) is 48.4 Å². The molecule has 1 atom stereocenters. The molecule has 0 N–H and O–H groups in total. The summed E-state index contributed by atoms with van der Waals surface area (Å²) < 4.78 is 29.4. The van der Waals surface area contributed by atoms with Gasteiger partial charge in [0.15, 0.2) is 16.4 Å². The molecule has 1 saturated carbocycles. The van der Waals surface area contributed by atoms with Crippen LogP contribution in [0.1, 0.15) is 44.1 Å². The highest BCUT2D eigenvalue weighted by Gasteiger charge is 2.38. The van der Waals surface area contributed by atoms with Crippen LogP contribution < -0.4 is 0 Å². The normalized spacial score (nSPS) is 21.1. The molecule has 2 fully saturated rings. The zero-order chi connectivity index (χ0) is 21.8. The van der Waals surface area contributed by atoms with Gasteiger partial charge in [0, 0.05) is 12.1 Å². The van der Waals surface area contributed by atoms with Crippen molar-refractivity contribution in [3.63, 3.8) is 0 Å². The second-order valence-electron chi connectivity index (χ2n) is 8.63. The molecule has 0 aromatic heterocycles. The van der Waals surface area contributed by atoms with Gasteiger partial charge in [0.25, 0.3) is 5.91 Å². The number of benzene rings is 2. The summed E-state index contributed by atoms with van der Waals surface area (Å²) in [5.74, 6) is -0.596. The molecule has 2 aromatic rings. The number of amides is 1. The molecule has 1 amide bonds. The average Bonchev–Trinajstić information content (AvgIpc) is 3.12. The molecule has 1 aliphatic heterocycles. The van der Waals surface area contributed by atoms with Crippen LogP contribution in [0.3, 0.4) is 0 Å². The summed E-state index contributed by atoms with van der Waals surface area (Å²) >= 11 is 0. The van der Waals surface area contributed by atoms with Crippen molar-refractivity contribution in [3.05, 3.63) is 48.0 Å². The zero-order valence-electron chi connectivity index (χ0n) is 17.7. The number of sulfone groups is 1. The second kappa shape index (κ2) is 9.39. The van der Waals surface area contributed by atoms with Crippen LogP contribution in [0.4, 0.5) is 0 Å². The maximum Gasteiger partial charge on any atom is 0.310 e. The maximum absolute atomic E-state index is 13.1. The minimum Gasteiger partial charge on any atom is -0.455 e. The Kier molecular flexibility index (Phi) is 6.60. The van der Waals surface area contributed by atoms with Gasteiger partial charge >= 0.3 is 5.97 Å². The first kappa shape index (κ1) is 21.8. The van der Waals surface area contributed by atoms with Gasteiger partial charge < -0.3 is 9.64 Å². The molecule has 0 spiro atoms. The number of hydrogen-bond donors (Lipinski definition) is 0. The van der Waals surface area contributed by atoms with Crippen molar-refractivity contribution >= 4 is 32.5 Å². The van der Waals surface area contributed by atoms with Crippen LogP contribution in [0.5, 0.6) is 0 Å². The smallest absolute Gasteiger partial charge is 0.310 e. The van der Waals surface area contributed by atoms with Crippen molar-refractivity contribution in [3.8, 4) is 0 Å². The van der Waals surface area contributed by atoms with E-state index in [1.807, 2.05) is 42.5 Å². The Morgan fingerprint density at radius 2 is 1.68 bits per heavy atom. The van der Waals surface area contributed by atoms with Crippen LogP contribution in [0.25, 0.3) is 10.8 Å². The predicted octanol–water partition coefficient (Wildman–Crippen LogP) is 3.27. The summed E-state index contributed by atoms with van der Waals surface area (Å²) in [6.07, 6.45) is 5.54. The Balaban J connectivity index is 1.41. The van der Waals surface area contributed by atoms with E-state index in [2.05, 4.69) is 0 Å². The van der Waals surface area contributed by atoms with E-state index < -0.39 is 15.8 Å². The van der Waals surface area contributed by atoms with Gasteiger partial charge in [-0.3, -0.25) is 9.59 Å². The second-order valence-corrected chi connectivity index (χ2v) is 10.9. The average molecular weight is 444 g/mol. The highest BCUT2D eigenvalue weighted by Crippen LogP contribution is 2.28. The van der Waals surface area contributed by atoms with Gasteiger partial charge in [-0.1, -0.05) is 61.7 Å². The van der Waals surface area contributed by atoms with Crippen LogP contribution in [-0.2, 0) is 30.6 Å². The van der Waals surface area contributed by atoms with Crippen LogP contribution >= 0.6 is 0 Å². The van der Waals surface area contributed by atoms with Crippen LogP contribution in [0, 0.1) is 0 Å². The van der Waals surface area contributed by atoms with Crippen molar-refractivity contribution in [1.29, 1.82) is 0 Å². The van der Waals surface area contributed by atoms with Gasteiger partial charge in [-0.25, -0.2) is 8.42 Å². The van der Waals surface area contributed by atoms with Gasteiger partial charge in [-0.2, -0.15) is 0 Å². The van der Waals surface area contributed by atoms with Crippen LogP contribution in [-0.4, -0.2) is 55.4 Å². The summed E-state index contributed by atoms with van der Waals surface area (Å²) in [4.78, 5) is 27.3. The van der Waals surface area contributed by atoms with Crippen LogP contribution in [0.2, 0.25) is 0 Å². The first-order chi connectivity index (χ1) is 14.9. The Hall–Kier alpha value is -2.41. The third-order valence-corrected chi connectivity index (χ3v) is 8.18. The number of nitrogens with zero attached hydrogens (tertiary/aromatic N) is 1. The number of rotatable bonds is 6. The SMILES string of the molecule is O=C(Cc1cccc2ccccc12)OCC(=O)N(C1CCCCC1)C1CCS(=O)(=O)C1. The largest absolute Gasteiger partial charge is 0.455 e. The first-order valence-electron chi connectivity index (χ1n) is 11.1. The Bertz CT molecular complexity index is 1050. The topological polar surface area (TPSA) is 80.8 Å². The van der Waals surface area contributed by atoms with Crippen molar-refractivity contribution in [2.75, 3.05) is 18.1 Å². The molecule has 1 aliphatic carbocycles. The lowest BCUT2D eigenvalue weighted by molar-refractivity contribution is -0.154. The minimum absolute atomic E-state index is 0.0131. The third-order valence-electron chi connectivity index (χ3n) is 6.43. The van der Waals surface area contributed by atoms with E-state index in [1.165, 1.54) is 0 Å². The van der Waals surface area contributed by atoms with Gasteiger partial charge in [0.05, 0.1) is 17.9 Å². The highest BCUT2D eigenvalue weighted by atomic mass is 32.2. The lowest BCUT2D eigenvalue weighted by Crippen LogP contribution is -2.50.